The highest BCUT2D eigenvalue weighted by Gasteiger charge is 2.13. The van der Waals surface area contributed by atoms with Crippen LogP contribution in [0.5, 0.6) is 0 Å². The molecule has 0 fully saturated rings. The number of hydrogen-bond acceptors (Lipinski definition) is 3. The van der Waals surface area contributed by atoms with Crippen molar-refractivity contribution in [1.29, 1.82) is 0 Å². The summed E-state index contributed by atoms with van der Waals surface area (Å²) in [4.78, 5) is 6.95. The van der Waals surface area contributed by atoms with E-state index < -0.39 is 0 Å². The van der Waals surface area contributed by atoms with E-state index in [1.807, 2.05) is 13.1 Å². The Bertz CT molecular complexity index is 605. The second-order valence-corrected chi connectivity index (χ2v) is 5.70. The second-order valence-electron chi connectivity index (χ2n) is 5.70. The summed E-state index contributed by atoms with van der Waals surface area (Å²) in [6, 6.07) is 10.8. The third kappa shape index (κ3) is 3.61. The zero-order valence-corrected chi connectivity index (χ0v) is 13.4. The average Bonchev–Trinajstić information content (AvgIpc) is 2.43. The molecule has 0 spiro atoms. The predicted molar refractivity (Wildman–Crippen MR) is 90.2 cm³/mol. The fourth-order valence-corrected chi connectivity index (χ4v) is 2.69. The van der Waals surface area contributed by atoms with E-state index in [4.69, 9.17) is 10.7 Å². The molecule has 3 nitrogen and oxygen atoms in total. The smallest absolute Gasteiger partial charge is 0.135 e. The van der Waals surface area contributed by atoms with Gasteiger partial charge in [0.25, 0.3) is 0 Å². The minimum absolute atomic E-state index is 0.163. The number of pyridine rings is 1. The molecule has 1 atom stereocenters. The van der Waals surface area contributed by atoms with Gasteiger partial charge in [0.15, 0.2) is 0 Å². The van der Waals surface area contributed by atoms with E-state index in [1.54, 1.807) is 0 Å². The Morgan fingerprint density at radius 3 is 2.48 bits per heavy atom. The van der Waals surface area contributed by atoms with Gasteiger partial charge in [-0.25, -0.2) is 4.98 Å². The van der Waals surface area contributed by atoms with Gasteiger partial charge in [0.2, 0.25) is 0 Å². The standard InChI is InChI=1S/C18H25N3/c1-5-21(17-9-7-6-8-13(17)2)18-14(3)10-16(12-20-18)11-15(4)19/h6-10,12,15H,5,11,19H2,1-4H3. The number of para-hydroxylation sites is 1. The number of rotatable bonds is 5. The molecule has 0 aliphatic rings. The number of aryl methyl sites for hydroxylation is 2. The third-order valence-electron chi connectivity index (χ3n) is 3.64. The Hall–Kier alpha value is -1.87. The summed E-state index contributed by atoms with van der Waals surface area (Å²) in [5, 5.41) is 0. The Morgan fingerprint density at radius 1 is 1.19 bits per heavy atom. The monoisotopic (exact) mass is 283 g/mol. The molecule has 1 unspecified atom stereocenters. The molecule has 0 aliphatic carbocycles. The minimum Gasteiger partial charge on any atom is -0.328 e. The van der Waals surface area contributed by atoms with Crippen LogP contribution in [0.2, 0.25) is 0 Å². The molecular weight excluding hydrogens is 258 g/mol. The first-order chi connectivity index (χ1) is 10.0. The van der Waals surface area contributed by atoms with Crippen LogP contribution in [0.3, 0.4) is 0 Å². The van der Waals surface area contributed by atoms with Gasteiger partial charge in [0.1, 0.15) is 5.82 Å². The van der Waals surface area contributed by atoms with Crippen LogP contribution >= 0.6 is 0 Å². The molecule has 2 aromatic rings. The largest absolute Gasteiger partial charge is 0.328 e. The fourth-order valence-electron chi connectivity index (χ4n) is 2.69. The Kier molecular flexibility index (Phi) is 4.97. The molecule has 1 heterocycles. The first-order valence-corrected chi connectivity index (χ1v) is 7.57. The van der Waals surface area contributed by atoms with E-state index in [-0.39, 0.29) is 6.04 Å². The molecule has 0 bridgehead atoms. The van der Waals surface area contributed by atoms with E-state index >= 15 is 0 Å². The predicted octanol–water partition coefficient (Wildman–Crippen LogP) is 3.75. The molecule has 1 aromatic carbocycles. The maximum Gasteiger partial charge on any atom is 0.135 e. The van der Waals surface area contributed by atoms with Crippen molar-refractivity contribution in [2.75, 3.05) is 11.4 Å². The van der Waals surface area contributed by atoms with Crippen LogP contribution in [0.15, 0.2) is 36.5 Å². The van der Waals surface area contributed by atoms with Gasteiger partial charge in [0, 0.05) is 24.5 Å². The van der Waals surface area contributed by atoms with Crippen molar-refractivity contribution in [2.45, 2.75) is 40.2 Å². The molecule has 3 heteroatoms. The summed E-state index contributed by atoms with van der Waals surface area (Å²) in [7, 11) is 0. The normalized spacial score (nSPS) is 12.2. The zero-order valence-electron chi connectivity index (χ0n) is 13.4. The van der Waals surface area contributed by atoms with Crippen molar-refractivity contribution in [2.24, 2.45) is 5.73 Å². The van der Waals surface area contributed by atoms with Crippen LogP contribution in [0.4, 0.5) is 11.5 Å². The maximum absolute atomic E-state index is 5.87. The van der Waals surface area contributed by atoms with Crippen molar-refractivity contribution in [3.8, 4) is 0 Å². The van der Waals surface area contributed by atoms with Crippen LogP contribution < -0.4 is 10.6 Å². The highest BCUT2D eigenvalue weighted by Crippen LogP contribution is 2.29. The lowest BCUT2D eigenvalue weighted by molar-refractivity contribution is 0.734. The van der Waals surface area contributed by atoms with E-state index in [0.717, 1.165) is 18.8 Å². The highest BCUT2D eigenvalue weighted by molar-refractivity contribution is 5.65. The first kappa shape index (κ1) is 15.5. The molecule has 21 heavy (non-hydrogen) atoms. The van der Waals surface area contributed by atoms with Gasteiger partial charge in [-0.1, -0.05) is 24.3 Å². The number of hydrogen-bond donors (Lipinski definition) is 1. The summed E-state index contributed by atoms with van der Waals surface area (Å²) in [6.45, 7) is 9.33. The van der Waals surface area contributed by atoms with Crippen LogP contribution in [0.1, 0.15) is 30.5 Å². The average molecular weight is 283 g/mol. The lowest BCUT2D eigenvalue weighted by Gasteiger charge is -2.26. The van der Waals surface area contributed by atoms with Crippen LogP contribution in [0, 0.1) is 13.8 Å². The van der Waals surface area contributed by atoms with Crippen LogP contribution in [-0.2, 0) is 6.42 Å². The SMILES string of the molecule is CCN(c1ccccc1C)c1ncc(CC(C)N)cc1C. The first-order valence-electron chi connectivity index (χ1n) is 7.57. The topological polar surface area (TPSA) is 42.2 Å². The summed E-state index contributed by atoms with van der Waals surface area (Å²) in [6.07, 6.45) is 2.82. The molecule has 0 saturated carbocycles. The molecule has 2 rings (SSSR count). The molecule has 2 N–H and O–H groups in total. The van der Waals surface area contributed by atoms with Gasteiger partial charge in [-0.3, -0.25) is 0 Å². The molecule has 0 aliphatic heterocycles. The lowest BCUT2D eigenvalue weighted by atomic mass is 10.1. The molecule has 0 radical (unpaired) electrons. The molecular formula is C18H25N3. The fraction of sp³-hybridized carbons (Fsp3) is 0.389. The Labute approximate surface area is 127 Å². The van der Waals surface area contributed by atoms with Crippen molar-refractivity contribution >= 4 is 11.5 Å². The van der Waals surface area contributed by atoms with Crippen molar-refractivity contribution < 1.29 is 0 Å². The third-order valence-corrected chi connectivity index (χ3v) is 3.64. The van der Waals surface area contributed by atoms with Gasteiger partial charge in [-0.2, -0.15) is 0 Å². The summed E-state index contributed by atoms with van der Waals surface area (Å²) >= 11 is 0. The number of nitrogens with two attached hydrogens (primary N) is 1. The van der Waals surface area contributed by atoms with Crippen molar-refractivity contribution in [3.63, 3.8) is 0 Å². The second kappa shape index (κ2) is 6.72. The number of aromatic nitrogens is 1. The Morgan fingerprint density at radius 2 is 1.90 bits per heavy atom. The van der Waals surface area contributed by atoms with Gasteiger partial charge >= 0.3 is 0 Å². The summed E-state index contributed by atoms with van der Waals surface area (Å²) in [5.41, 5.74) is 10.7. The lowest BCUT2D eigenvalue weighted by Crippen LogP contribution is -2.21. The summed E-state index contributed by atoms with van der Waals surface area (Å²) < 4.78 is 0. The van der Waals surface area contributed by atoms with Gasteiger partial charge in [0.05, 0.1) is 0 Å². The van der Waals surface area contributed by atoms with Crippen LogP contribution in [0.25, 0.3) is 0 Å². The van der Waals surface area contributed by atoms with Gasteiger partial charge in [-0.15, -0.1) is 0 Å². The molecule has 112 valence electrons. The number of nitrogens with zero attached hydrogens (tertiary/aromatic N) is 2. The number of benzene rings is 1. The molecule has 1 aromatic heterocycles. The van der Waals surface area contributed by atoms with E-state index in [9.17, 15) is 0 Å². The molecule has 0 amide bonds. The van der Waals surface area contributed by atoms with E-state index in [1.165, 1.54) is 22.4 Å². The van der Waals surface area contributed by atoms with Gasteiger partial charge in [-0.05, 0) is 56.9 Å². The van der Waals surface area contributed by atoms with E-state index in [2.05, 4.69) is 56.0 Å². The Balaban J connectivity index is 2.37. The van der Waals surface area contributed by atoms with Crippen LogP contribution in [-0.4, -0.2) is 17.6 Å². The summed E-state index contributed by atoms with van der Waals surface area (Å²) in [5.74, 6) is 1.03. The molecule has 0 saturated heterocycles. The minimum atomic E-state index is 0.163. The zero-order chi connectivity index (χ0) is 15.4. The maximum atomic E-state index is 5.87. The van der Waals surface area contributed by atoms with Crippen molar-refractivity contribution in [1.82, 2.24) is 4.98 Å². The quantitative estimate of drug-likeness (QED) is 0.908. The van der Waals surface area contributed by atoms with E-state index in [0.29, 0.717) is 0 Å². The van der Waals surface area contributed by atoms with Gasteiger partial charge < -0.3 is 10.6 Å². The highest BCUT2D eigenvalue weighted by atomic mass is 15.2. The van der Waals surface area contributed by atoms with Crippen molar-refractivity contribution in [3.05, 3.63) is 53.2 Å². The number of anilines is 2.